The SMILES string of the molecule is N#Cc1ccccc1N=Nc1c(-c2ccncc2)[nH][nH]c1=O. The maximum Gasteiger partial charge on any atom is 0.292 e. The summed E-state index contributed by atoms with van der Waals surface area (Å²) in [7, 11) is 0. The first-order valence-corrected chi connectivity index (χ1v) is 6.41. The number of H-pyrrole nitrogens is 2. The van der Waals surface area contributed by atoms with Crippen LogP contribution < -0.4 is 5.56 Å². The van der Waals surface area contributed by atoms with Gasteiger partial charge < -0.3 is 0 Å². The van der Waals surface area contributed by atoms with Crippen LogP contribution in [-0.2, 0) is 0 Å². The van der Waals surface area contributed by atoms with E-state index in [2.05, 4.69) is 25.4 Å². The van der Waals surface area contributed by atoms with Gasteiger partial charge in [-0.1, -0.05) is 12.1 Å². The number of hydrogen-bond donors (Lipinski definition) is 2. The molecule has 1 aromatic carbocycles. The molecule has 7 nitrogen and oxygen atoms in total. The first kappa shape index (κ1) is 13.5. The molecule has 0 saturated carbocycles. The molecule has 2 aromatic heterocycles. The Bertz CT molecular complexity index is 917. The van der Waals surface area contributed by atoms with Crippen LogP contribution in [0.5, 0.6) is 0 Å². The number of azo groups is 1. The van der Waals surface area contributed by atoms with Crippen molar-refractivity contribution in [2.75, 3.05) is 0 Å². The number of aromatic amines is 2. The van der Waals surface area contributed by atoms with Crippen LogP contribution in [0.1, 0.15) is 5.56 Å². The highest BCUT2D eigenvalue weighted by Crippen LogP contribution is 2.26. The third-order valence-corrected chi connectivity index (χ3v) is 3.00. The number of nitriles is 1. The predicted molar refractivity (Wildman–Crippen MR) is 80.0 cm³/mol. The largest absolute Gasteiger partial charge is 0.295 e. The van der Waals surface area contributed by atoms with Crippen molar-refractivity contribution in [2.45, 2.75) is 0 Å². The number of pyridine rings is 1. The molecule has 0 radical (unpaired) electrons. The second-order valence-electron chi connectivity index (χ2n) is 4.37. The summed E-state index contributed by atoms with van der Waals surface area (Å²) in [6, 6.07) is 12.3. The summed E-state index contributed by atoms with van der Waals surface area (Å²) in [6.45, 7) is 0. The van der Waals surface area contributed by atoms with Crippen molar-refractivity contribution in [1.82, 2.24) is 15.2 Å². The molecule has 0 amide bonds. The topological polar surface area (TPSA) is 110 Å². The number of hydrogen-bond acceptors (Lipinski definition) is 5. The molecule has 3 rings (SSSR count). The molecule has 2 heterocycles. The lowest BCUT2D eigenvalue weighted by Gasteiger charge is -1.98. The molecule has 3 aromatic rings. The fraction of sp³-hybridized carbons (Fsp3) is 0. The lowest BCUT2D eigenvalue weighted by Crippen LogP contribution is -1.96. The fourth-order valence-corrected chi connectivity index (χ4v) is 1.93. The molecule has 0 aliphatic heterocycles. The average Bonchev–Trinajstić information content (AvgIpc) is 2.95. The molecule has 0 fully saturated rings. The molecule has 106 valence electrons. The molecule has 0 saturated heterocycles. The summed E-state index contributed by atoms with van der Waals surface area (Å²) in [5.74, 6) is 0. The number of benzene rings is 1. The van der Waals surface area contributed by atoms with Gasteiger partial charge in [-0.2, -0.15) is 5.26 Å². The molecule has 0 aliphatic rings. The van der Waals surface area contributed by atoms with Crippen molar-refractivity contribution in [3.05, 3.63) is 64.7 Å². The van der Waals surface area contributed by atoms with Gasteiger partial charge in [0, 0.05) is 18.0 Å². The minimum atomic E-state index is -0.384. The second-order valence-corrected chi connectivity index (χ2v) is 4.37. The van der Waals surface area contributed by atoms with Crippen molar-refractivity contribution in [2.24, 2.45) is 10.2 Å². The van der Waals surface area contributed by atoms with Crippen LogP contribution in [0.3, 0.4) is 0 Å². The van der Waals surface area contributed by atoms with Crippen molar-refractivity contribution in [1.29, 1.82) is 5.26 Å². The van der Waals surface area contributed by atoms with Gasteiger partial charge in [0.1, 0.15) is 11.8 Å². The number of nitrogens with zero attached hydrogens (tertiary/aromatic N) is 4. The number of nitrogens with one attached hydrogen (secondary N) is 2. The Kier molecular flexibility index (Phi) is 3.58. The number of aromatic nitrogens is 3. The number of rotatable bonds is 3. The van der Waals surface area contributed by atoms with Gasteiger partial charge >= 0.3 is 0 Å². The first-order chi connectivity index (χ1) is 10.8. The zero-order valence-corrected chi connectivity index (χ0v) is 11.3. The minimum Gasteiger partial charge on any atom is -0.295 e. The maximum atomic E-state index is 11.9. The third-order valence-electron chi connectivity index (χ3n) is 3.00. The van der Waals surface area contributed by atoms with E-state index in [1.165, 1.54) is 0 Å². The van der Waals surface area contributed by atoms with E-state index in [0.29, 0.717) is 16.9 Å². The van der Waals surface area contributed by atoms with Crippen LogP contribution in [0, 0.1) is 11.3 Å². The van der Waals surface area contributed by atoms with Gasteiger partial charge in [-0.15, -0.1) is 10.2 Å². The monoisotopic (exact) mass is 290 g/mol. The van der Waals surface area contributed by atoms with Gasteiger partial charge in [-0.25, -0.2) is 0 Å². The van der Waals surface area contributed by atoms with Crippen molar-refractivity contribution >= 4 is 11.4 Å². The molecule has 0 atom stereocenters. The van der Waals surface area contributed by atoms with Crippen LogP contribution in [0.2, 0.25) is 0 Å². The Morgan fingerprint density at radius 3 is 2.59 bits per heavy atom. The highest BCUT2D eigenvalue weighted by molar-refractivity contribution is 5.70. The van der Waals surface area contributed by atoms with Gasteiger partial charge in [0.15, 0.2) is 5.69 Å². The fourth-order valence-electron chi connectivity index (χ4n) is 1.93. The lowest BCUT2D eigenvalue weighted by molar-refractivity contribution is 1.06. The predicted octanol–water partition coefficient (Wildman–Crippen LogP) is 3.05. The molecule has 0 aliphatic carbocycles. The van der Waals surface area contributed by atoms with Gasteiger partial charge in [-0.05, 0) is 24.3 Å². The van der Waals surface area contributed by atoms with E-state index < -0.39 is 0 Å². The summed E-state index contributed by atoms with van der Waals surface area (Å²) < 4.78 is 0. The molecule has 0 spiro atoms. The van der Waals surface area contributed by atoms with E-state index in [-0.39, 0.29) is 11.2 Å². The molecule has 7 heteroatoms. The minimum absolute atomic E-state index is 0.152. The Morgan fingerprint density at radius 1 is 1.05 bits per heavy atom. The van der Waals surface area contributed by atoms with Crippen LogP contribution >= 0.6 is 0 Å². The molecular formula is C15H10N6O. The molecule has 2 N–H and O–H groups in total. The Balaban J connectivity index is 2.04. The normalized spacial score (nSPS) is 10.7. The van der Waals surface area contributed by atoms with E-state index in [4.69, 9.17) is 5.26 Å². The Labute approximate surface area is 125 Å². The first-order valence-electron chi connectivity index (χ1n) is 6.41. The summed E-state index contributed by atoms with van der Waals surface area (Å²) in [6.07, 6.45) is 3.24. The van der Waals surface area contributed by atoms with Crippen LogP contribution in [0.25, 0.3) is 11.3 Å². The summed E-state index contributed by atoms with van der Waals surface area (Å²) in [5, 5.41) is 22.3. The van der Waals surface area contributed by atoms with E-state index in [1.54, 1.807) is 48.8 Å². The van der Waals surface area contributed by atoms with Crippen molar-refractivity contribution in [3.63, 3.8) is 0 Å². The van der Waals surface area contributed by atoms with Gasteiger partial charge in [-0.3, -0.25) is 20.0 Å². The maximum absolute atomic E-state index is 11.9. The summed E-state index contributed by atoms with van der Waals surface area (Å²) in [4.78, 5) is 15.8. The molecular weight excluding hydrogens is 280 g/mol. The van der Waals surface area contributed by atoms with Gasteiger partial charge in [0.2, 0.25) is 0 Å². The highest BCUT2D eigenvalue weighted by Gasteiger charge is 2.11. The second kappa shape index (κ2) is 5.85. The van der Waals surface area contributed by atoms with Crippen LogP contribution in [-0.4, -0.2) is 15.2 Å². The smallest absolute Gasteiger partial charge is 0.292 e. The van der Waals surface area contributed by atoms with Gasteiger partial charge in [0.05, 0.1) is 11.3 Å². The van der Waals surface area contributed by atoms with Crippen LogP contribution in [0.15, 0.2) is 63.8 Å². The molecule has 0 unspecified atom stereocenters. The Morgan fingerprint density at radius 2 is 1.82 bits per heavy atom. The Hall–Kier alpha value is -3.53. The molecule has 22 heavy (non-hydrogen) atoms. The van der Waals surface area contributed by atoms with Gasteiger partial charge in [0.25, 0.3) is 5.56 Å². The quantitative estimate of drug-likeness (QED) is 0.723. The van der Waals surface area contributed by atoms with Crippen LogP contribution in [0.4, 0.5) is 11.4 Å². The van der Waals surface area contributed by atoms with Crippen molar-refractivity contribution in [3.8, 4) is 17.3 Å². The zero-order valence-electron chi connectivity index (χ0n) is 11.3. The average molecular weight is 290 g/mol. The zero-order chi connectivity index (χ0) is 15.4. The highest BCUT2D eigenvalue weighted by atomic mass is 16.1. The third kappa shape index (κ3) is 2.53. The summed E-state index contributed by atoms with van der Waals surface area (Å²) in [5.41, 5.74) is 1.85. The van der Waals surface area contributed by atoms with E-state index >= 15 is 0 Å². The van der Waals surface area contributed by atoms with E-state index in [1.807, 2.05) is 6.07 Å². The van der Waals surface area contributed by atoms with E-state index in [9.17, 15) is 4.79 Å². The van der Waals surface area contributed by atoms with Crippen molar-refractivity contribution < 1.29 is 0 Å². The standard InChI is InChI=1S/C15H10N6O/c16-9-11-3-1-2-4-12(11)18-20-14-13(19-21-15(14)22)10-5-7-17-8-6-10/h1-8H,(H2,19,21,22). The molecule has 0 bridgehead atoms. The van der Waals surface area contributed by atoms with E-state index in [0.717, 1.165) is 5.56 Å². The lowest BCUT2D eigenvalue weighted by atomic mass is 10.2. The summed E-state index contributed by atoms with van der Waals surface area (Å²) >= 11 is 0.